The Morgan fingerprint density at radius 2 is 2.05 bits per heavy atom. The Hall–Kier alpha value is -0.980. The molecule has 0 heterocycles. The Balaban J connectivity index is 2.53. The molecule has 1 rings (SSSR count). The zero-order valence-corrected chi connectivity index (χ0v) is 12.0. The fraction of sp³-hybridized carbons (Fsp3) is 0.538. The van der Waals surface area contributed by atoms with Gasteiger partial charge in [0.15, 0.2) is 0 Å². The van der Waals surface area contributed by atoms with Crippen LogP contribution < -0.4 is 4.72 Å². The number of hydrogen-bond donors (Lipinski definition) is 2. The first-order chi connectivity index (χ1) is 8.77. The molecule has 6 heteroatoms. The van der Waals surface area contributed by atoms with Gasteiger partial charge in [0.1, 0.15) is 5.82 Å². The molecule has 1 aromatic carbocycles. The first-order valence-electron chi connectivity index (χ1n) is 6.13. The molecule has 0 atom stereocenters. The van der Waals surface area contributed by atoms with Crippen LogP contribution in [0.3, 0.4) is 0 Å². The van der Waals surface area contributed by atoms with Crippen molar-refractivity contribution in [2.24, 2.45) is 5.41 Å². The third kappa shape index (κ3) is 5.26. The normalized spacial score (nSPS) is 12.6. The van der Waals surface area contributed by atoms with E-state index in [0.29, 0.717) is 12.8 Å². The van der Waals surface area contributed by atoms with E-state index in [1.165, 1.54) is 18.2 Å². The van der Waals surface area contributed by atoms with Crippen molar-refractivity contribution < 1.29 is 17.9 Å². The lowest BCUT2D eigenvalue weighted by Crippen LogP contribution is -2.26. The van der Waals surface area contributed by atoms with Gasteiger partial charge in [-0.2, -0.15) is 0 Å². The lowest BCUT2D eigenvalue weighted by atomic mass is 9.89. The average Bonchev–Trinajstić information content (AvgIpc) is 2.35. The van der Waals surface area contributed by atoms with E-state index in [9.17, 15) is 12.8 Å². The van der Waals surface area contributed by atoms with Crippen LogP contribution in [-0.4, -0.2) is 26.7 Å². The Labute approximate surface area is 113 Å². The van der Waals surface area contributed by atoms with Crippen LogP contribution in [0.2, 0.25) is 0 Å². The van der Waals surface area contributed by atoms with Gasteiger partial charge in [0.25, 0.3) is 0 Å². The minimum atomic E-state index is -3.66. The molecule has 0 fully saturated rings. The fourth-order valence-corrected chi connectivity index (χ4v) is 2.68. The Morgan fingerprint density at radius 3 is 2.63 bits per heavy atom. The van der Waals surface area contributed by atoms with Crippen molar-refractivity contribution in [2.75, 3.05) is 13.2 Å². The van der Waals surface area contributed by atoms with Crippen LogP contribution in [0.1, 0.15) is 26.7 Å². The molecular formula is C13H20FNO3S. The van der Waals surface area contributed by atoms with E-state index in [1.807, 2.05) is 13.8 Å². The number of rotatable bonds is 7. The standard InChI is InChI=1S/C13H20FNO3S/c1-13(2,10-16)7-4-8-15-19(17,18)12-6-3-5-11(14)9-12/h3,5-6,9,15-16H,4,7-8,10H2,1-2H3. The molecule has 0 aliphatic rings. The van der Waals surface area contributed by atoms with E-state index in [1.54, 1.807) is 0 Å². The molecule has 0 aliphatic heterocycles. The van der Waals surface area contributed by atoms with Gasteiger partial charge in [-0.05, 0) is 36.5 Å². The smallest absolute Gasteiger partial charge is 0.240 e. The highest BCUT2D eigenvalue weighted by Crippen LogP contribution is 2.20. The predicted octanol–water partition coefficient (Wildman–Crippen LogP) is 1.90. The van der Waals surface area contributed by atoms with E-state index < -0.39 is 15.8 Å². The number of benzene rings is 1. The molecule has 0 radical (unpaired) electrons. The van der Waals surface area contributed by atoms with Crippen molar-refractivity contribution in [1.82, 2.24) is 4.72 Å². The van der Waals surface area contributed by atoms with Crippen LogP contribution in [-0.2, 0) is 10.0 Å². The maximum atomic E-state index is 13.0. The summed E-state index contributed by atoms with van der Waals surface area (Å²) in [5.41, 5.74) is -0.218. The van der Waals surface area contributed by atoms with E-state index in [-0.39, 0.29) is 23.5 Å². The maximum absolute atomic E-state index is 13.0. The minimum Gasteiger partial charge on any atom is -0.396 e. The van der Waals surface area contributed by atoms with E-state index in [0.717, 1.165) is 6.07 Å². The molecule has 0 amide bonds. The quantitative estimate of drug-likeness (QED) is 0.753. The topological polar surface area (TPSA) is 66.4 Å². The first kappa shape index (κ1) is 16.1. The van der Waals surface area contributed by atoms with Gasteiger partial charge in [0, 0.05) is 13.2 Å². The van der Waals surface area contributed by atoms with Gasteiger partial charge in [0.05, 0.1) is 4.90 Å². The molecule has 108 valence electrons. The van der Waals surface area contributed by atoms with Crippen molar-refractivity contribution in [2.45, 2.75) is 31.6 Å². The molecule has 0 saturated heterocycles. The predicted molar refractivity (Wildman–Crippen MR) is 71.7 cm³/mol. The molecule has 4 nitrogen and oxygen atoms in total. The second kappa shape index (κ2) is 6.45. The summed E-state index contributed by atoms with van der Waals surface area (Å²) in [6.07, 6.45) is 1.32. The molecule has 0 aromatic heterocycles. The molecule has 0 bridgehead atoms. The summed E-state index contributed by atoms with van der Waals surface area (Å²) in [6.45, 7) is 4.15. The fourth-order valence-electron chi connectivity index (χ4n) is 1.57. The van der Waals surface area contributed by atoms with Gasteiger partial charge in [0.2, 0.25) is 10.0 Å². The molecule has 0 saturated carbocycles. The maximum Gasteiger partial charge on any atom is 0.240 e. The highest BCUT2D eigenvalue weighted by Gasteiger charge is 2.17. The van der Waals surface area contributed by atoms with Gasteiger partial charge in [-0.15, -0.1) is 0 Å². The van der Waals surface area contributed by atoms with Gasteiger partial charge in [-0.3, -0.25) is 0 Å². The summed E-state index contributed by atoms with van der Waals surface area (Å²) in [6, 6.07) is 4.89. The first-order valence-corrected chi connectivity index (χ1v) is 7.61. The summed E-state index contributed by atoms with van der Waals surface area (Å²) in [5.74, 6) is -0.579. The van der Waals surface area contributed by atoms with Crippen molar-refractivity contribution in [1.29, 1.82) is 0 Å². The lowest BCUT2D eigenvalue weighted by Gasteiger charge is -2.21. The second-order valence-corrected chi connectivity index (χ2v) is 7.05. The van der Waals surface area contributed by atoms with Gasteiger partial charge in [-0.1, -0.05) is 19.9 Å². The van der Waals surface area contributed by atoms with Crippen molar-refractivity contribution in [3.8, 4) is 0 Å². The molecule has 0 aliphatic carbocycles. The summed E-state index contributed by atoms with van der Waals surface area (Å²) in [4.78, 5) is -0.0751. The van der Waals surface area contributed by atoms with Gasteiger partial charge in [-0.25, -0.2) is 17.5 Å². The zero-order valence-electron chi connectivity index (χ0n) is 11.2. The Morgan fingerprint density at radius 1 is 1.37 bits per heavy atom. The van der Waals surface area contributed by atoms with Crippen LogP contribution in [0.5, 0.6) is 0 Å². The number of aliphatic hydroxyl groups is 1. The molecule has 2 N–H and O–H groups in total. The van der Waals surface area contributed by atoms with Crippen LogP contribution in [0.25, 0.3) is 0 Å². The average molecular weight is 289 g/mol. The van der Waals surface area contributed by atoms with Crippen molar-refractivity contribution in [3.63, 3.8) is 0 Å². The number of nitrogens with one attached hydrogen (secondary N) is 1. The highest BCUT2D eigenvalue weighted by atomic mass is 32.2. The third-order valence-corrected chi connectivity index (χ3v) is 4.32. The van der Waals surface area contributed by atoms with Crippen molar-refractivity contribution in [3.05, 3.63) is 30.1 Å². The third-order valence-electron chi connectivity index (χ3n) is 2.86. The lowest BCUT2D eigenvalue weighted by molar-refractivity contribution is 0.148. The SMILES string of the molecule is CC(C)(CO)CCCNS(=O)(=O)c1cccc(F)c1. The van der Waals surface area contributed by atoms with E-state index in [2.05, 4.69) is 4.72 Å². The zero-order chi connectivity index (χ0) is 14.5. The Bertz CT molecular complexity index is 514. The molecule has 1 aromatic rings. The molecule has 0 spiro atoms. The van der Waals surface area contributed by atoms with Crippen LogP contribution in [0, 0.1) is 11.2 Å². The molecule has 19 heavy (non-hydrogen) atoms. The number of sulfonamides is 1. The summed E-state index contributed by atoms with van der Waals surface area (Å²) in [7, 11) is -3.66. The van der Waals surface area contributed by atoms with E-state index in [4.69, 9.17) is 5.11 Å². The van der Waals surface area contributed by atoms with Gasteiger partial charge >= 0.3 is 0 Å². The number of halogens is 1. The largest absolute Gasteiger partial charge is 0.396 e. The summed E-state index contributed by atoms with van der Waals surface area (Å²) < 4.78 is 39.1. The van der Waals surface area contributed by atoms with E-state index >= 15 is 0 Å². The molecule has 0 unspecified atom stereocenters. The second-order valence-electron chi connectivity index (χ2n) is 5.28. The minimum absolute atomic E-state index is 0.0592. The van der Waals surface area contributed by atoms with Crippen LogP contribution in [0.15, 0.2) is 29.2 Å². The van der Waals surface area contributed by atoms with Crippen LogP contribution >= 0.6 is 0 Å². The number of hydrogen-bond acceptors (Lipinski definition) is 3. The highest BCUT2D eigenvalue weighted by molar-refractivity contribution is 7.89. The monoisotopic (exact) mass is 289 g/mol. The van der Waals surface area contributed by atoms with Crippen LogP contribution in [0.4, 0.5) is 4.39 Å². The summed E-state index contributed by atoms with van der Waals surface area (Å²) >= 11 is 0. The van der Waals surface area contributed by atoms with Gasteiger partial charge < -0.3 is 5.11 Å². The molecular weight excluding hydrogens is 269 g/mol. The van der Waals surface area contributed by atoms with Crippen molar-refractivity contribution >= 4 is 10.0 Å². The Kier molecular flexibility index (Phi) is 5.46. The summed E-state index contributed by atoms with van der Waals surface area (Å²) in [5, 5.41) is 9.08. The number of aliphatic hydroxyl groups excluding tert-OH is 1.